The molecular formula is C35H43N3O12. The van der Waals surface area contributed by atoms with Crippen LogP contribution >= 0.6 is 0 Å². The van der Waals surface area contributed by atoms with E-state index in [1.165, 1.54) is 67.9 Å². The highest BCUT2D eigenvalue weighted by Gasteiger charge is 2.18. The molecule has 0 radical (unpaired) electrons. The highest BCUT2D eigenvalue weighted by Crippen LogP contribution is 2.24. The summed E-state index contributed by atoms with van der Waals surface area (Å²) in [5.74, 6) is -7.54. The van der Waals surface area contributed by atoms with E-state index in [1.807, 2.05) is 0 Å². The van der Waals surface area contributed by atoms with Crippen molar-refractivity contribution < 1.29 is 59.4 Å². The predicted octanol–water partition coefficient (Wildman–Crippen LogP) is 2.37. The zero-order valence-electron chi connectivity index (χ0n) is 27.6. The molecule has 1 saturated heterocycles. The van der Waals surface area contributed by atoms with Crippen molar-refractivity contribution >= 4 is 35.8 Å². The fourth-order valence-electron chi connectivity index (χ4n) is 4.69. The van der Waals surface area contributed by atoms with Crippen LogP contribution in [0.15, 0.2) is 85.0 Å². The van der Waals surface area contributed by atoms with Crippen LogP contribution in [0, 0.1) is 0 Å². The van der Waals surface area contributed by atoms with Crippen molar-refractivity contribution in [3.05, 3.63) is 107 Å². The molecule has 270 valence electrons. The van der Waals surface area contributed by atoms with Gasteiger partial charge in [0, 0.05) is 82.3 Å². The molecule has 4 rings (SSSR count). The van der Waals surface area contributed by atoms with Gasteiger partial charge >= 0.3 is 35.8 Å². The number of likely N-dealkylation sites (N-methyl/N-ethyl adjacent to an activating group) is 1. The molecule has 0 saturated carbocycles. The fourth-order valence-corrected chi connectivity index (χ4v) is 4.69. The Morgan fingerprint density at radius 2 is 0.800 bits per heavy atom. The zero-order chi connectivity index (χ0) is 37.5. The minimum absolute atomic E-state index is 0.558. The summed E-state index contributed by atoms with van der Waals surface area (Å²) in [5, 5.41) is 46.9. The van der Waals surface area contributed by atoms with Crippen molar-refractivity contribution in [2.24, 2.45) is 0 Å². The van der Waals surface area contributed by atoms with Gasteiger partial charge in [0.15, 0.2) is 0 Å². The van der Waals surface area contributed by atoms with E-state index in [0.717, 1.165) is 19.5 Å². The maximum absolute atomic E-state index is 9.55. The summed E-state index contributed by atoms with van der Waals surface area (Å²) in [6, 6.07) is 18.0. The smallest absolute Gasteiger partial charge is 0.328 e. The van der Waals surface area contributed by atoms with Crippen LogP contribution in [0.3, 0.4) is 0 Å². The summed E-state index contributed by atoms with van der Waals surface area (Å²) in [6.45, 7) is 9.43. The van der Waals surface area contributed by atoms with E-state index in [0.29, 0.717) is 36.5 Å². The summed E-state index contributed by atoms with van der Waals surface area (Å²) in [6.07, 6.45) is 5.68. The van der Waals surface area contributed by atoms with Crippen molar-refractivity contribution in [2.75, 3.05) is 46.3 Å². The van der Waals surface area contributed by atoms with Gasteiger partial charge in [0.1, 0.15) is 0 Å². The second-order valence-corrected chi connectivity index (χ2v) is 11.0. The third-order valence-corrected chi connectivity index (χ3v) is 7.06. The number of hydrogen-bond donors (Lipinski definition) is 6. The lowest BCUT2D eigenvalue weighted by molar-refractivity contribution is -0.134. The second-order valence-electron chi connectivity index (χ2n) is 11.0. The molecule has 2 heterocycles. The Hall–Kier alpha value is -5.64. The maximum Gasteiger partial charge on any atom is 0.328 e. The third kappa shape index (κ3) is 20.6. The lowest BCUT2D eigenvalue weighted by Crippen LogP contribution is -2.45. The van der Waals surface area contributed by atoms with E-state index in [9.17, 15) is 28.8 Å². The number of aliphatic carboxylic acids is 6. The van der Waals surface area contributed by atoms with Crippen LogP contribution in [0.5, 0.6) is 0 Å². The topological polar surface area (TPSA) is 234 Å². The number of fused-ring (bicyclic) bond motifs is 2. The number of hydrogen-bond acceptors (Lipinski definition) is 9. The first-order chi connectivity index (χ1) is 23.7. The lowest BCUT2D eigenvalue weighted by Gasteiger charge is -2.33. The molecule has 0 aromatic heterocycles. The number of nitrogens with zero attached hydrogens (tertiary/aromatic N) is 3. The van der Waals surface area contributed by atoms with Crippen LogP contribution in [0.2, 0.25) is 0 Å². The van der Waals surface area contributed by atoms with Crippen molar-refractivity contribution in [1.29, 1.82) is 0 Å². The highest BCUT2D eigenvalue weighted by atomic mass is 16.4. The number of rotatable bonds is 10. The first kappa shape index (κ1) is 42.4. The van der Waals surface area contributed by atoms with Gasteiger partial charge in [-0.15, -0.1) is 0 Å². The predicted molar refractivity (Wildman–Crippen MR) is 182 cm³/mol. The van der Waals surface area contributed by atoms with Crippen molar-refractivity contribution in [3.8, 4) is 0 Å². The van der Waals surface area contributed by atoms with Crippen molar-refractivity contribution in [2.45, 2.75) is 25.9 Å². The van der Waals surface area contributed by atoms with Gasteiger partial charge in [0.25, 0.3) is 0 Å². The van der Waals surface area contributed by atoms with Crippen molar-refractivity contribution in [3.63, 3.8) is 0 Å². The normalized spacial score (nSPS) is 14.7. The van der Waals surface area contributed by atoms with E-state index in [1.54, 1.807) is 0 Å². The Labute approximate surface area is 289 Å². The zero-order valence-corrected chi connectivity index (χ0v) is 27.6. The summed E-state index contributed by atoms with van der Waals surface area (Å²) in [5.41, 5.74) is 5.98. The molecule has 0 bridgehead atoms. The molecule has 15 heteroatoms. The second kappa shape index (κ2) is 23.6. The Morgan fingerprint density at radius 3 is 1.12 bits per heavy atom. The fraction of sp³-hybridized carbons (Fsp3) is 0.314. The average molecular weight is 698 g/mol. The monoisotopic (exact) mass is 697 g/mol. The largest absolute Gasteiger partial charge is 0.478 e. The van der Waals surface area contributed by atoms with Gasteiger partial charge in [-0.05, 0) is 48.7 Å². The minimum Gasteiger partial charge on any atom is -0.478 e. The summed E-state index contributed by atoms with van der Waals surface area (Å²) >= 11 is 0. The molecule has 2 aliphatic heterocycles. The van der Waals surface area contributed by atoms with Gasteiger partial charge in [-0.25, -0.2) is 28.8 Å². The maximum atomic E-state index is 9.55. The van der Waals surface area contributed by atoms with E-state index in [4.69, 9.17) is 30.6 Å². The molecule has 50 heavy (non-hydrogen) atoms. The number of benzene rings is 2. The van der Waals surface area contributed by atoms with Crippen LogP contribution in [-0.2, 0) is 48.3 Å². The summed E-state index contributed by atoms with van der Waals surface area (Å²) in [7, 11) is 2.23. The standard InChI is InChI=1S/C23H31N3.3C4H4O4/c1-24-13-15-25(16-14-24)11-6-12-26-18-22-9-4-2-7-20(22)17-21-8-3-5-10-23(21)19-26;3*5-3(6)1-2-4(7)8/h2-5,7-10H,6,11-19H2,1H3;3*1-2H,(H,5,6)(H,7,8)/b;3*2-1-. The summed E-state index contributed by atoms with van der Waals surface area (Å²) in [4.78, 5) is 65.0. The van der Waals surface area contributed by atoms with Crippen LogP contribution < -0.4 is 0 Å². The molecule has 0 spiro atoms. The molecule has 1 fully saturated rings. The average Bonchev–Trinajstić information content (AvgIpc) is 3.04. The van der Waals surface area contributed by atoms with E-state index >= 15 is 0 Å². The van der Waals surface area contributed by atoms with Crippen LogP contribution in [0.25, 0.3) is 0 Å². The van der Waals surface area contributed by atoms with Gasteiger partial charge in [-0.3, -0.25) is 4.90 Å². The van der Waals surface area contributed by atoms with E-state index in [-0.39, 0.29) is 0 Å². The van der Waals surface area contributed by atoms with Gasteiger partial charge < -0.3 is 40.4 Å². The van der Waals surface area contributed by atoms with Gasteiger partial charge in [0.05, 0.1) is 0 Å². The number of carbonyl (C=O) groups is 6. The number of carboxylic acids is 6. The van der Waals surface area contributed by atoms with Crippen LogP contribution in [-0.4, -0.2) is 127 Å². The van der Waals surface area contributed by atoms with E-state index in [2.05, 4.69) is 70.3 Å². The Bertz CT molecular complexity index is 1350. The SMILES string of the molecule is CN1CCN(CCCN2Cc3ccccc3Cc3ccccc3C2)CC1.O=C(O)/C=C\C(=O)O.O=C(O)/C=C\C(=O)O.O=C(O)/C=C\C(=O)O. The van der Waals surface area contributed by atoms with Crippen LogP contribution in [0.4, 0.5) is 0 Å². The first-order valence-corrected chi connectivity index (χ1v) is 15.3. The Morgan fingerprint density at radius 1 is 0.500 bits per heavy atom. The van der Waals surface area contributed by atoms with E-state index < -0.39 is 35.8 Å². The highest BCUT2D eigenvalue weighted by molar-refractivity contribution is 5.90. The first-order valence-electron chi connectivity index (χ1n) is 15.3. The van der Waals surface area contributed by atoms with Gasteiger partial charge in [-0.1, -0.05) is 48.5 Å². The van der Waals surface area contributed by atoms with Gasteiger partial charge in [-0.2, -0.15) is 0 Å². The van der Waals surface area contributed by atoms with Crippen molar-refractivity contribution in [1.82, 2.24) is 14.7 Å². The molecule has 2 aliphatic rings. The summed E-state index contributed by atoms with van der Waals surface area (Å²) < 4.78 is 0. The third-order valence-electron chi connectivity index (χ3n) is 7.06. The molecule has 2 aromatic carbocycles. The number of piperazine rings is 1. The molecule has 15 nitrogen and oxygen atoms in total. The van der Waals surface area contributed by atoms with Crippen LogP contribution in [0.1, 0.15) is 28.7 Å². The molecule has 0 atom stereocenters. The molecule has 0 unspecified atom stereocenters. The minimum atomic E-state index is -1.26. The lowest BCUT2D eigenvalue weighted by atomic mass is 9.93. The Kier molecular flexibility index (Phi) is 20.0. The molecule has 0 aliphatic carbocycles. The molecule has 0 amide bonds. The van der Waals surface area contributed by atoms with Gasteiger partial charge in [0.2, 0.25) is 0 Å². The molecular weight excluding hydrogens is 654 g/mol. The molecule has 6 N–H and O–H groups in total. The Balaban J connectivity index is 0.000000427. The molecule has 2 aromatic rings. The quantitative estimate of drug-likeness (QED) is 0.196. The number of carboxylic acid groups (broad SMARTS) is 6.